The number of halogens is 2. The zero-order chi connectivity index (χ0) is 23.3. The molecule has 1 heterocycles. The predicted octanol–water partition coefficient (Wildman–Crippen LogP) is 5.66. The summed E-state index contributed by atoms with van der Waals surface area (Å²) in [7, 11) is -2.81. The average molecular weight is 717 g/mol. The monoisotopic (exact) mass is 717 g/mol. The second-order valence-corrected chi connectivity index (χ2v) is 14.0. The van der Waals surface area contributed by atoms with Crippen molar-refractivity contribution < 1.29 is 9.53 Å². The molecule has 0 saturated carbocycles. The van der Waals surface area contributed by atoms with E-state index in [4.69, 9.17) is 4.74 Å². The number of piperidine rings is 1. The van der Waals surface area contributed by atoms with E-state index in [0.717, 1.165) is 25.9 Å². The summed E-state index contributed by atoms with van der Waals surface area (Å²) in [5.41, 5.74) is -0.752. The molecule has 0 aromatic heterocycles. The maximum atomic E-state index is 14.2. The van der Waals surface area contributed by atoms with Crippen LogP contribution in [-0.4, -0.2) is 30.3 Å². The third-order valence-electron chi connectivity index (χ3n) is 6.67. The molecule has 3 nitrogen and oxygen atoms in total. The fraction of sp³-hybridized carbons (Fsp3) is 0.345. The molecular formula is C29H38I2NO2P. The smallest absolute Gasteiger partial charge is 0.107 e. The molecule has 4 rings (SSSR count). The van der Waals surface area contributed by atoms with Gasteiger partial charge in [-0.1, -0.05) is 0 Å². The maximum Gasteiger partial charge on any atom is -0.107 e. The summed E-state index contributed by atoms with van der Waals surface area (Å²) in [6, 6.07) is 32.2. The van der Waals surface area contributed by atoms with Crippen molar-refractivity contribution in [2.24, 2.45) is 5.92 Å². The largest absolute Gasteiger partial charge is 0.107 e. The van der Waals surface area contributed by atoms with Gasteiger partial charge in [0.2, 0.25) is 0 Å². The Labute approximate surface area is 245 Å². The summed E-state index contributed by atoms with van der Waals surface area (Å²) in [6.45, 7) is 7.79. The minimum atomic E-state index is -2.81. The van der Waals surface area contributed by atoms with E-state index in [1.54, 1.807) is 0 Å². The Morgan fingerprint density at radius 2 is 1.14 bits per heavy atom. The van der Waals surface area contributed by atoms with Gasteiger partial charge in [0.05, 0.1) is 0 Å². The van der Waals surface area contributed by atoms with Gasteiger partial charge in [-0.05, 0) is 0 Å². The van der Waals surface area contributed by atoms with E-state index >= 15 is 0 Å². The van der Waals surface area contributed by atoms with Crippen LogP contribution in [0.3, 0.4) is 0 Å². The molecule has 1 aliphatic heterocycles. The maximum absolute atomic E-state index is 14.2. The predicted molar refractivity (Wildman–Crippen MR) is 173 cm³/mol. The van der Waals surface area contributed by atoms with Crippen molar-refractivity contribution in [2.45, 2.75) is 44.9 Å². The number of rotatable bonds is 6. The first-order valence-electron chi connectivity index (χ1n) is 12.0. The van der Waals surface area contributed by atoms with Crippen molar-refractivity contribution in [1.82, 2.24) is 5.32 Å². The number of nitrogens with one attached hydrogen (secondary N) is 1. The minimum absolute atomic E-state index is 0. The first kappa shape index (κ1) is 30.2. The zero-order valence-corrected chi connectivity index (χ0v) is 26.4. The molecule has 0 amide bonds. The molecule has 0 aliphatic carbocycles. The zero-order valence-electron chi connectivity index (χ0n) is 20.8. The molecule has 1 N–H and O–H groups in total. The molecule has 0 spiro atoms. The van der Waals surface area contributed by atoms with Gasteiger partial charge >= 0.3 is 199 Å². The number of carbonyl (C=O) groups is 1. The summed E-state index contributed by atoms with van der Waals surface area (Å²) in [5.74, 6) is 0.200. The molecule has 1 fully saturated rings. The number of hydrogen-bond acceptors (Lipinski definition) is 3. The van der Waals surface area contributed by atoms with E-state index in [1.807, 2.05) is 20.8 Å². The Balaban J connectivity index is 0.00000216. The van der Waals surface area contributed by atoms with Crippen LogP contribution in [0.25, 0.3) is 0 Å². The summed E-state index contributed by atoms with van der Waals surface area (Å²) in [5, 5.41) is 7.27. The molecule has 3 aromatic carbocycles. The first-order valence-corrected chi connectivity index (χ1v) is 14.1. The fourth-order valence-corrected chi connectivity index (χ4v) is 11.1. The average Bonchev–Trinajstić information content (AvgIpc) is 2.83. The SMILES string of the molecule is CC(C)(C)OC(=O)C(C1CCNCC1)[PH](c1ccccc1)(c1ccccc1)c1ccccc1.I.I. The minimum Gasteiger partial charge on any atom is -0.107 e. The van der Waals surface area contributed by atoms with E-state index in [0.29, 0.717) is 0 Å². The van der Waals surface area contributed by atoms with Gasteiger partial charge in [-0.2, -0.15) is 0 Å². The van der Waals surface area contributed by atoms with Crippen molar-refractivity contribution in [3.8, 4) is 0 Å². The number of ether oxygens (including phenoxy) is 1. The molecule has 0 radical (unpaired) electrons. The van der Waals surface area contributed by atoms with Crippen molar-refractivity contribution >= 4 is 77.1 Å². The third kappa shape index (κ3) is 6.85. The summed E-state index contributed by atoms with van der Waals surface area (Å²) >= 11 is 0. The van der Waals surface area contributed by atoms with Crippen molar-refractivity contribution in [3.05, 3.63) is 91.0 Å². The van der Waals surface area contributed by atoms with Gasteiger partial charge in [0, 0.05) is 0 Å². The summed E-state index contributed by atoms with van der Waals surface area (Å²) in [4.78, 5) is 14.2. The van der Waals surface area contributed by atoms with Crippen molar-refractivity contribution in [3.63, 3.8) is 0 Å². The second-order valence-electron chi connectivity index (χ2n) is 10.0. The standard InChI is InChI=1S/C29H36NO2P.2HI/c1-29(2,3)32-28(31)27(23-19-21-30-22-20-23)33(24-13-7-4-8-14-24,25-15-9-5-10-16-25)26-17-11-6-12-18-26;;/h4-18,23,27,30,33H,19-22H2,1-3H3;2*1H. The van der Waals surface area contributed by atoms with E-state index in [9.17, 15) is 4.79 Å². The van der Waals surface area contributed by atoms with Gasteiger partial charge in [-0.15, -0.1) is 48.0 Å². The van der Waals surface area contributed by atoms with Gasteiger partial charge in [-0.25, -0.2) is 0 Å². The van der Waals surface area contributed by atoms with Crippen LogP contribution in [-0.2, 0) is 9.53 Å². The Morgan fingerprint density at radius 3 is 1.49 bits per heavy atom. The quantitative estimate of drug-likeness (QED) is 0.204. The second kappa shape index (κ2) is 13.5. The van der Waals surface area contributed by atoms with Gasteiger partial charge in [0.1, 0.15) is 0 Å². The van der Waals surface area contributed by atoms with E-state index in [2.05, 4.69) is 96.3 Å². The summed E-state index contributed by atoms with van der Waals surface area (Å²) < 4.78 is 6.20. The normalized spacial score (nSPS) is 15.7. The van der Waals surface area contributed by atoms with Crippen LogP contribution in [0, 0.1) is 5.92 Å². The van der Waals surface area contributed by atoms with Crippen LogP contribution in [0.5, 0.6) is 0 Å². The molecule has 1 saturated heterocycles. The van der Waals surface area contributed by atoms with Crippen LogP contribution >= 0.6 is 55.2 Å². The van der Waals surface area contributed by atoms with Gasteiger partial charge in [0.25, 0.3) is 0 Å². The molecule has 35 heavy (non-hydrogen) atoms. The fourth-order valence-electron chi connectivity index (χ4n) is 5.41. The number of carbonyl (C=O) groups excluding carboxylic acids is 1. The van der Waals surface area contributed by atoms with E-state index < -0.39 is 12.9 Å². The Bertz CT molecular complexity index is 940. The molecule has 190 valence electrons. The van der Waals surface area contributed by atoms with Crippen LogP contribution < -0.4 is 21.2 Å². The van der Waals surface area contributed by atoms with Crippen LogP contribution in [0.1, 0.15) is 33.6 Å². The molecule has 1 unspecified atom stereocenters. The molecule has 1 atom stereocenters. The Morgan fingerprint density at radius 1 is 0.771 bits per heavy atom. The van der Waals surface area contributed by atoms with Crippen molar-refractivity contribution in [1.29, 1.82) is 0 Å². The van der Waals surface area contributed by atoms with E-state index in [1.165, 1.54) is 15.9 Å². The molecule has 0 bridgehead atoms. The Hall–Kier alpha value is -1.02. The number of esters is 1. The van der Waals surface area contributed by atoms with E-state index in [-0.39, 0.29) is 65.5 Å². The first-order chi connectivity index (χ1) is 15.9. The van der Waals surface area contributed by atoms with Gasteiger partial charge < -0.3 is 0 Å². The van der Waals surface area contributed by atoms with Crippen LogP contribution in [0.4, 0.5) is 0 Å². The molecule has 1 aliphatic rings. The molecular weight excluding hydrogens is 679 g/mol. The van der Waals surface area contributed by atoms with Crippen molar-refractivity contribution in [2.75, 3.05) is 13.1 Å². The van der Waals surface area contributed by atoms with Crippen LogP contribution in [0.2, 0.25) is 0 Å². The van der Waals surface area contributed by atoms with Crippen LogP contribution in [0.15, 0.2) is 91.0 Å². The van der Waals surface area contributed by atoms with Gasteiger partial charge in [-0.3, -0.25) is 0 Å². The summed E-state index contributed by atoms with van der Waals surface area (Å²) in [6.07, 6.45) is 1.95. The Kier molecular flexibility index (Phi) is 11.7. The number of benzene rings is 3. The number of hydrogen-bond donors (Lipinski definition) is 1. The molecule has 3 aromatic rings. The van der Waals surface area contributed by atoms with Gasteiger partial charge in [0.15, 0.2) is 0 Å². The molecule has 6 heteroatoms. The topological polar surface area (TPSA) is 38.3 Å². The third-order valence-corrected chi connectivity index (χ3v) is 12.0.